The Bertz CT molecular complexity index is 1130. The third-order valence-electron chi connectivity index (χ3n) is 3.23. The predicted molar refractivity (Wildman–Crippen MR) is 88.8 cm³/mol. The van der Waals surface area contributed by atoms with E-state index in [1.807, 2.05) is 0 Å². The third-order valence-corrected chi connectivity index (χ3v) is 5.01. The zero-order valence-electron chi connectivity index (χ0n) is 14.7. The summed E-state index contributed by atoms with van der Waals surface area (Å²) in [6.45, 7) is 0. The molecule has 0 saturated carbocycles. The minimum atomic E-state index is -5.04. The Morgan fingerprint density at radius 2 is 1.25 bits per heavy atom. The molecular weight excluding hydrogens is 434 g/mol. The summed E-state index contributed by atoms with van der Waals surface area (Å²) in [5.41, 5.74) is 4.56. The van der Waals surface area contributed by atoms with Gasteiger partial charge in [-0.25, -0.2) is 16.8 Å². The summed E-state index contributed by atoms with van der Waals surface area (Å²) in [5.74, 6) is 0. The summed E-state index contributed by atoms with van der Waals surface area (Å²) < 4.78 is 67.9. The summed E-state index contributed by atoms with van der Waals surface area (Å²) >= 11 is 0. The van der Waals surface area contributed by atoms with Crippen LogP contribution in [0.5, 0.6) is 0 Å². The van der Waals surface area contributed by atoms with E-state index in [9.17, 15) is 36.1 Å². The number of nitrogen functional groups attached to an aromatic ring is 1. The van der Waals surface area contributed by atoms with Crippen LogP contribution >= 0.6 is 0 Å². The number of nitrogens with zero attached hydrogens (tertiary/aromatic N) is 1. The Labute approximate surface area is 205 Å². The van der Waals surface area contributed by atoms with Crippen molar-refractivity contribution in [2.75, 3.05) is 5.73 Å². The first-order valence-corrected chi connectivity index (χ1v) is 9.49. The molecule has 14 heteroatoms. The quantitative estimate of drug-likeness (QED) is 0.118. The number of rotatable bonds is 5. The molecule has 2 aromatic carbocycles. The second-order valence-electron chi connectivity index (χ2n) is 5.02. The zero-order chi connectivity index (χ0) is 19.7. The molecule has 0 aliphatic carbocycles. The Hall–Kier alpha value is -0.800. The van der Waals surface area contributed by atoms with Crippen LogP contribution in [0.15, 0.2) is 46.2 Å². The number of hydrogen-bond acceptors (Lipinski definition) is 9. The number of nitrogens with two attached hydrogens (primary N) is 1. The van der Waals surface area contributed by atoms with E-state index in [0.29, 0.717) is 6.07 Å². The maximum absolute atomic E-state index is 11.3. The summed E-state index contributed by atoms with van der Waals surface area (Å²) in [7, 11) is -9.91. The molecule has 2 rings (SSSR count). The van der Waals surface area contributed by atoms with Crippen molar-refractivity contribution in [3.8, 4) is 0 Å². The fraction of sp³-hybridized carbons (Fsp3) is 0. The third kappa shape index (κ3) is 6.91. The van der Waals surface area contributed by atoms with Gasteiger partial charge in [-0.05, 0) is 29.3 Å². The van der Waals surface area contributed by atoms with Crippen molar-refractivity contribution in [2.24, 2.45) is 0 Å². The van der Waals surface area contributed by atoms with Crippen LogP contribution in [0.25, 0.3) is 12.2 Å². The van der Waals surface area contributed by atoms with Gasteiger partial charge in [-0.15, -0.1) is 0 Å². The van der Waals surface area contributed by atoms with Crippen LogP contribution in [-0.4, -0.2) is 30.9 Å². The number of benzene rings is 2. The maximum atomic E-state index is 11.3. The first-order valence-electron chi connectivity index (χ1n) is 6.67. The van der Waals surface area contributed by atoms with Crippen molar-refractivity contribution in [1.82, 2.24) is 0 Å². The van der Waals surface area contributed by atoms with E-state index in [2.05, 4.69) is 0 Å². The van der Waals surface area contributed by atoms with Crippen LogP contribution in [0.2, 0.25) is 0 Å². The van der Waals surface area contributed by atoms with Crippen molar-refractivity contribution in [3.05, 3.63) is 57.6 Å². The summed E-state index contributed by atoms with van der Waals surface area (Å²) in [6, 6.07) is 6.05. The standard InChI is InChI=1S/C14H12N2O8S2.2Na/c15-11-5-3-9(13(7-11)25(19,20)21)1-2-10-4-6-12(16(17)18)8-14(10)26(22,23)24;;/h1-8H,15H2,(H,19,20,21)(H,22,23,24);;/q;2*+1/p-2/b2-1+;;. The van der Waals surface area contributed by atoms with Gasteiger partial charge < -0.3 is 14.8 Å². The van der Waals surface area contributed by atoms with E-state index in [4.69, 9.17) is 5.73 Å². The normalized spacial score (nSPS) is 11.5. The van der Waals surface area contributed by atoms with E-state index in [1.165, 1.54) is 12.1 Å². The second-order valence-corrected chi connectivity index (χ2v) is 7.71. The van der Waals surface area contributed by atoms with E-state index in [0.717, 1.165) is 30.4 Å². The van der Waals surface area contributed by atoms with Crippen LogP contribution < -0.4 is 64.8 Å². The molecule has 0 aliphatic heterocycles. The Morgan fingerprint density at radius 1 is 0.821 bits per heavy atom. The molecule has 28 heavy (non-hydrogen) atoms. The van der Waals surface area contributed by atoms with Crippen LogP contribution in [0.3, 0.4) is 0 Å². The van der Waals surface area contributed by atoms with Gasteiger partial charge in [-0.1, -0.05) is 18.2 Å². The van der Waals surface area contributed by atoms with E-state index >= 15 is 0 Å². The fourth-order valence-corrected chi connectivity index (χ4v) is 3.47. The SMILES string of the molecule is Nc1ccc(/C=C/c2ccc([N+](=O)[O-])cc2S(=O)(=O)[O-])c(S(=O)(=O)[O-])c1.[Na+].[Na+]. The number of anilines is 1. The van der Waals surface area contributed by atoms with E-state index in [-0.39, 0.29) is 75.9 Å². The smallest absolute Gasteiger partial charge is 0.744 e. The van der Waals surface area contributed by atoms with Gasteiger partial charge in [-0.3, -0.25) is 10.1 Å². The molecule has 0 unspecified atom stereocenters. The van der Waals surface area contributed by atoms with Crippen molar-refractivity contribution in [1.29, 1.82) is 0 Å². The van der Waals surface area contributed by atoms with Gasteiger partial charge in [-0.2, -0.15) is 0 Å². The van der Waals surface area contributed by atoms with Crippen molar-refractivity contribution in [3.63, 3.8) is 0 Å². The van der Waals surface area contributed by atoms with Gasteiger partial charge in [0.25, 0.3) is 5.69 Å². The molecule has 138 valence electrons. The summed E-state index contributed by atoms with van der Waals surface area (Å²) in [4.78, 5) is 8.37. The Kier molecular flexibility index (Phi) is 10.0. The Balaban J connectivity index is 0.00000364. The van der Waals surface area contributed by atoms with Gasteiger partial charge >= 0.3 is 59.1 Å². The number of hydrogen-bond donors (Lipinski definition) is 1. The molecule has 0 aliphatic rings. The summed E-state index contributed by atoms with van der Waals surface area (Å²) in [6.07, 6.45) is 2.13. The van der Waals surface area contributed by atoms with Crippen LogP contribution in [-0.2, 0) is 20.2 Å². The molecule has 0 radical (unpaired) electrons. The second kappa shape index (κ2) is 10.3. The number of non-ortho nitro benzene ring substituents is 1. The topological polar surface area (TPSA) is 184 Å². The molecular formula is C14H10N2Na2O8S2. The molecule has 0 fully saturated rings. The van der Waals surface area contributed by atoms with Crippen LogP contribution in [0, 0.1) is 10.1 Å². The van der Waals surface area contributed by atoms with Gasteiger partial charge in [0.05, 0.1) is 14.7 Å². The molecule has 0 atom stereocenters. The monoisotopic (exact) mass is 444 g/mol. The summed E-state index contributed by atoms with van der Waals surface area (Å²) in [5, 5.41) is 10.7. The molecule has 10 nitrogen and oxygen atoms in total. The molecule has 0 aromatic heterocycles. The number of nitro benzene ring substituents is 1. The molecule has 0 bridgehead atoms. The number of nitro groups is 1. The van der Waals surface area contributed by atoms with Gasteiger partial charge in [0, 0.05) is 17.8 Å². The van der Waals surface area contributed by atoms with Crippen molar-refractivity contribution >= 4 is 43.8 Å². The molecule has 0 amide bonds. The van der Waals surface area contributed by atoms with Crippen LogP contribution in [0.1, 0.15) is 11.1 Å². The minimum Gasteiger partial charge on any atom is -0.744 e. The first kappa shape index (κ1) is 27.2. The van der Waals surface area contributed by atoms with Gasteiger partial charge in [0.15, 0.2) is 0 Å². The maximum Gasteiger partial charge on any atom is 1.00 e. The average Bonchev–Trinajstić information content (AvgIpc) is 2.51. The van der Waals surface area contributed by atoms with Crippen LogP contribution in [0.4, 0.5) is 11.4 Å². The van der Waals surface area contributed by atoms with Gasteiger partial charge in [0.2, 0.25) is 0 Å². The van der Waals surface area contributed by atoms with Crippen molar-refractivity contribution in [2.45, 2.75) is 9.79 Å². The van der Waals surface area contributed by atoms with E-state index < -0.39 is 40.6 Å². The molecule has 2 aromatic rings. The minimum absolute atomic E-state index is 0. The predicted octanol–water partition coefficient (Wildman–Crippen LogP) is -4.84. The fourth-order valence-electron chi connectivity index (χ4n) is 2.08. The molecule has 0 spiro atoms. The van der Waals surface area contributed by atoms with Crippen molar-refractivity contribution < 1.29 is 90.0 Å². The molecule has 2 N–H and O–H groups in total. The van der Waals surface area contributed by atoms with E-state index in [1.54, 1.807) is 0 Å². The Morgan fingerprint density at radius 3 is 1.68 bits per heavy atom. The first-order chi connectivity index (χ1) is 11.9. The zero-order valence-corrected chi connectivity index (χ0v) is 20.4. The largest absolute Gasteiger partial charge is 1.00 e. The average molecular weight is 444 g/mol. The van der Waals surface area contributed by atoms with Gasteiger partial charge in [0.1, 0.15) is 20.2 Å². The molecule has 0 saturated heterocycles. The molecule has 0 heterocycles.